The van der Waals surface area contributed by atoms with Gasteiger partial charge in [0, 0.05) is 13.1 Å². The third kappa shape index (κ3) is 2.14. The molecule has 0 aliphatic rings. The van der Waals surface area contributed by atoms with Gasteiger partial charge < -0.3 is 5.11 Å². The van der Waals surface area contributed by atoms with E-state index in [1.54, 1.807) is 20.8 Å². The lowest BCUT2D eigenvalue weighted by molar-refractivity contribution is 0.431. The first-order valence-electron chi connectivity index (χ1n) is 4.60. The van der Waals surface area contributed by atoms with Gasteiger partial charge in [-0.15, -0.1) is 0 Å². The van der Waals surface area contributed by atoms with Crippen molar-refractivity contribution in [2.75, 3.05) is 13.1 Å². The summed E-state index contributed by atoms with van der Waals surface area (Å²) < 4.78 is 29.0. The van der Waals surface area contributed by atoms with E-state index < -0.39 is 10.0 Å². The highest BCUT2D eigenvalue weighted by atomic mass is 32.2. The molecule has 0 saturated heterocycles. The number of sulfonamides is 1. The highest BCUT2D eigenvalue weighted by molar-refractivity contribution is 7.91. The number of aromatic nitrogens is 1. The molecule has 1 N–H and O–H groups in total. The van der Waals surface area contributed by atoms with Crippen LogP contribution in [0.5, 0.6) is 5.75 Å². The molecule has 1 aromatic heterocycles. The quantitative estimate of drug-likeness (QED) is 0.871. The summed E-state index contributed by atoms with van der Waals surface area (Å²) in [4.78, 5) is 0. The smallest absolute Gasteiger partial charge is 0.257 e. The molecule has 0 radical (unpaired) electrons. The minimum absolute atomic E-state index is 0.0660. The van der Waals surface area contributed by atoms with Gasteiger partial charge in [-0.25, -0.2) is 8.42 Å². The van der Waals surface area contributed by atoms with Crippen LogP contribution in [0.2, 0.25) is 0 Å². The molecule has 0 spiro atoms. The monoisotopic (exact) mass is 250 g/mol. The Kier molecular flexibility index (Phi) is 3.69. The zero-order valence-electron chi connectivity index (χ0n) is 8.89. The first kappa shape index (κ1) is 12.4. The van der Waals surface area contributed by atoms with Crippen molar-refractivity contribution in [1.82, 2.24) is 8.68 Å². The first-order valence-corrected chi connectivity index (χ1v) is 6.81. The van der Waals surface area contributed by atoms with Crippen LogP contribution >= 0.6 is 11.5 Å². The van der Waals surface area contributed by atoms with Gasteiger partial charge >= 0.3 is 0 Å². The zero-order valence-corrected chi connectivity index (χ0v) is 10.5. The molecule has 7 heteroatoms. The van der Waals surface area contributed by atoms with Crippen molar-refractivity contribution < 1.29 is 13.5 Å². The lowest BCUT2D eigenvalue weighted by atomic mass is 10.5. The summed E-state index contributed by atoms with van der Waals surface area (Å²) in [6.07, 6.45) is 0. The second-order valence-corrected chi connectivity index (χ2v) is 5.90. The summed E-state index contributed by atoms with van der Waals surface area (Å²) >= 11 is 0.813. The number of nitrogens with zero attached hydrogens (tertiary/aromatic N) is 2. The Bertz CT molecular complexity index is 435. The minimum Gasteiger partial charge on any atom is -0.504 e. The molecule has 0 fully saturated rings. The predicted molar refractivity (Wildman–Crippen MR) is 58.6 cm³/mol. The number of hydrogen-bond donors (Lipinski definition) is 1. The van der Waals surface area contributed by atoms with Crippen molar-refractivity contribution in [3.05, 3.63) is 5.69 Å². The molecule has 5 nitrogen and oxygen atoms in total. The molecule has 0 amide bonds. The molecule has 15 heavy (non-hydrogen) atoms. The van der Waals surface area contributed by atoms with Crippen molar-refractivity contribution in [1.29, 1.82) is 0 Å². The van der Waals surface area contributed by atoms with Crippen molar-refractivity contribution in [3.8, 4) is 5.75 Å². The van der Waals surface area contributed by atoms with Crippen LogP contribution in [0.15, 0.2) is 4.21 Å². The van der Waals surface area contributed by atoms with Crippen molar-refractivity contribution in [3.63, 3.8) is 0 Å². The second-order valence-electron chi connectivity index (χ2n) is 2.99. The molecule has 1 aromatic rings. The van der Waals surface area contributed by atoms with Crippen molar-refractivity contribution >= 4 is 21.6 Å². The summed E-state index contributed by atoms with van der Waals surface area (Å²) in [5.74, 6) is -0.230. The van der Waals surface area contributed by atoms with Crippen LogP contribution in [0, 0.1) is 6.92 Å². The molecule has 0 bridgehead atoms. The summed E-state index contributed by atoms with van der Waals surface area (Å²) in [6.45, 7) is 5.86. The molecular formula is C8H14N2O3S2. The van der Waals surface area contributed by atoms with Gasteiger partial charge in [-0.05, 0) is 18.5 Å². The van der Waals surface area contributed by atoms with Crippen LogP contribution in [0.1, 0.15) is 19.5 Å². The summed E-state index contributed by atoms with van der Waals surface area (Å²) in [5.41, 5.74) is 0.353. The Morgan fingerprint density at radius 1 is 1.40 bits per heavy atom. The molecule has 0 saturated carbocycles. The highest BCUT2D eigenvalue weighted by Crippen LogP contribution is 2.32. The zero-order chi connectivity index (χ0) is 11.6. The number of rotatable bonds is 4. The fourth-order valence-electron chi connectivity index (χ4n) is 1.19. The van der Waals surface area contributed by atoms with E-state index in [0.29, 0.717) is 18.8 Å². The summed E-state index contributed by atoms with van der Waals surface area (Å²) in [7, 11) is -3.57. The topological polar surface area (TPSA) is 70.5 Å². The van der Waals surface area contributed by atoms with Crippen LogP contribution in [0.4, 0.5) is 0 Å². The number of aromatic hydroxyl groups is 1. The molecule has 0 aromatic carbocycles. The van der Waals surface area contributed by atoms with Crippen LogP contribution in [0.3, 0.4) is 0 Å². The molecule has 0 aliphatic carbocycles. The molecule has 1 heterocycles. The van der Waals surface area contributed by atoms with Gasteiger partial charge in [0.25, 0.3) is 10.0 Å². The van der Waals surface area contributed by atoms with Crippen molar-refractivity contribution in [2.24, 2.45) is 0 Å². The van der Waals surface area contributed by atoms with Gasteiger partial charge in [-0.2, -0.15) is 8.68 Å². The lowest BCUT2D eigenvalue weighted by Crippen LogP contribution is -2.30. The minimum atomic E-state index is -3.57. The molecular weight excluding hydrogens is 236 g/mol. The normalized spacial score (nSPS) is 12.3. The Labute approximate surface area is 93.6 Å². The summed E-state index contributed by atoms with van der Waals surface area (Å²) in [5, 5.41) is 9.56. The van der Waals surface area contributed by atoms with Gasteiger partial charge in [0.1, 0.15) is 0 Å². The lowest BCUT2D eigenvalue weighted by Gasteiger charge is -2.16. The van der Waals surface area contributed by atoms with E-state index in [1.165, 1.54) is 4.31 Å². The van der Waals surface area contributed by atoms with E-state index in [9.17, 15) is 13.5 Å². The fraction of sp³-hybridized carbons (Fsp3) is 0.625. The fourth-order valence-corrected chi connectivity index (χ4v) is 3.85. The Hall–Kier alpha value is -0.660. The van der Waals surface area contributed by atoms with Gasteiger partial charge in [-0.3, -0.25) is 0 Å². The van der Waals surface area contributed by atoms with Crippen LogP contribution < -0.4 is 0 Å². The first-order chi connectivity index (χ1) is 6.95. The largest absolute Gasteiger partial charge is 0.504 e. The SMILES string of the molecule is CCN(CC)S(=O)(=O)c1snc(C)c1O. The maximum atomic E-state index is 12.0. The van der Waals surface area contributed by atoms with Crippen LogP contribution in [-0.4, -0.2) is 35.3 Å². The maximum Gasteiger partial charge on any atom is 0.257 e. The Morgan fingerprint density at radius 2 is 1.93 bits per heavy atom. The average molecular weight is 250 g/mol. The number of hydrogen-bond acceptors (Lipinski definition) is 5. The van der Waals surface area contributed by atoms with Gasteiger partial charge in [0.15, 0.2) is 9.96 Å². The van der Waals surface area contributed by atoms with Gasteiger partial charge in [-0.1, -0.05) is 13.8 Å². The third-order valence-electron chi connectivity index (χ3n) is 2.08. The van der Waals surface area contributed by atoms with Gasteiger partial charge in [0.05, 0.1) is 5.69 Å². The van der Waals surface area contributed by atoms with E-state index in [0.717, 1.165) is 11.5 Å². The maximum absolute atomic E-state index is 12.0. The van der Waals surface area contributed by atoms with Gasteiger partial charge in [0.2, 0.25) is 0 Å². The van der Waals surface area contributed by atoms with E-state index in [1.807, 2.05) is 0 Å². The van der Waals surface area contributed by atoms with Crippen molar-refractivity contribution in [2.45, 2.75) is 25.0 Å². The van der Waals surface area contributed by atoms with Crippen LogP contribution in [0.25, 0.3) is 0 Å². The Balaban J connectivity index is 3.22. The van der Waals surface area contributed by atoms with E-state index in [4.69, 9.17) is 0 Å². The van der Waals surface area contributed by atoms with Crippen LogP contribution in [-0.2, 0) is 10.0 Å². The van der Waals surface area contributed by atoms with E-state index in [-0.39, 0.29) is 9.96 Å². The molecule has 0 aliphatic heterocycles. The second kappa shape index (κ2) is 4.46. The molecule has 1 rings (SSSR count). The summed E-state index contributed by atoms with van der Waals surface area (Å²) in [6, 6.07) is 0. The standard InChI is InChI=1S/C8H14N2O3S2/c1-4-10(5-2)15(12,13)8-7(11)6(3)9-14-8/h11H,4-5H2,1-3H3. The average Bonchev–Trinajstić information content (AvgIpc) is 2.49. The predicted octanol–water partition coefficient (Wildman–Crippen LogP) is 1.19. The molecule has 86 valence electrons. The van der Waals surface area contributed by atoms with E-state index >= 15 is 0 Å². The molecule has 0 unspecified atom stereocenters. The highest BCUT2D eigenvalue weighted by Gasteiger charge is 2.28. The third-order valence-corrected chi connectivity index (χ3v) is 5.52. The molecule has 0 atom stereocenters. The number of aryl methyl sites for hydroxylation is 1. The van der Waals surface area contributed by atoms with E-state index in [2.05, 4.69) is 4.37 Å². The Morgan fingerprint density at radius 3 is 2.27 bits per heavy atom.